The predicted molar refractivity (Wildman–Crippen MR) is 124 cm³/mol. The summed E-state index contributed by atoms with van der Waals surface area (Å²) in [5.41, 5.74) is 0.465. The Hall–Kier alpha value is -2.97. The molecule has 170 valence electrons. The number of carbonyl (C=O) groups is 1. The fourth-order valence-corrected chi connectivity index (χ4v) is 4.32. The first-order valence-electron chi connectivity index (χ1n) is 10.2. The van der Waals surface area contributed by atoms with E-state index in [-0.39, 0.29) is 21.5 Å². The van der Waals surface area contributed by atoms with Crippen molar-refractivity contribution in [2.75, 3.05) is 11.3 Å². The van der Waals surface area contributed by atoms with Crippen molar-refractivity contribution in [1.82, 2.24) is 5.32 Å². The SMILES string of the molecule is CCOc1ccc(NS(=O)(=O)c2ccc(Cl)c(C(=O)NC(C)CCc3ccco3)c2)cc1. The van der Waals surface area contributed by atoms with Crippen LogP contribution < -0.4 is 14.8 Å². The van der Waals surface area contributed by atoms with Crippen molar-refractivity contribution in [3.05, 3.63) is 77.2 Å². The number of benzene rings is 2. The number of nitrogens with one attached hydrogen (secondary N) is 2. The summed E-state index contributed by atoms with van der Waals surface area (Å²) in [7, 11) is -3.92. The Morgan fingerprint density at radius 2 is 1.91 bits per heavy atom. The Morgan fingerprint density at radius 1 is 1.16 bits per heavy atom. The van der Waals surface area contributed by atoms with Crippen LogP contribution in [0.15, 0.2) is 70.2 Å². The van der Waals surface area contributed by atoms with Gasteiger partial charge < -0.3 is 14.5 Å². The van der Waals surface area contributed by atoms with Crippen molar-refractivity contribution in [2.24, 2.45) is 0 Å². The van der Waals surface area contributed by atoms with Gasteiger partial charge >= 0.3 is 0 Å². The molecule has 1 aromatic heterocycles. The van der Waals surface area contributed by atoms with Gasteiger partial charge in [0.05, 0.1) is 28.4 Å². The van der Waals surface area contributed by atoms with Crippen molar-refractivity contribution in [3.8, 4) is 5.75 Å². The Labute approximate surface area is 192 Å². The van der Waals surface area contributed by atoms with E-state index in [1.165, 1.54) is 18.2 Å². The summed E-state index contributed by atoms with van der Waals surface area (Å²) in [6.45, 7) is 4.25. The Bertz CT molecular complexity index is 1150. The minimum Gasteiger partial charge on any atom is -0.494 e. The van der Waals surface area contributed by atoms with E-state index in [1.807, 2.05) is 26.0 Å². The van der Waals surface area contributed by atoms with Gasteiger partial charge in [0.1, 0.15) is 11.5 Å². The van der Waals surface area contributed by atoms with Gasteiger partial charge in [0.25, 0.3) is 15.9 Å². The lowest BCUT2D eigenvalue weighted by atomic mass is 10.1. The van der Waals surface area contributed by atoms with E-state index < -0.39 is 15.9 Å². The highest BCUT2D eigenvalue weighted by atomic mass is 35.5. The van der Waals surface area contributed by atoms with Crippen molar-refractivity contribution < 1.29 is 22.4 Å². The summed E-state index contributed by atoms with van der Waals surface area (Å²) in [6.07, 6.45) is 2.93. The average molecular weight is 477 g/mol. The molecule has 3 rings (SSSR count). The second-order valence-corrected chi connectivity index (χ2v) is 9.29. The Balaban J connectivity index is 1.69. The highest BCUT2D eigenvalue weighted by Crippen LogP contribution is 2.24. The molecule has 0 spiro atoms. The molecule has 3 aromatic rings. The topological polar surface area (TPSA) is 97.6 Å². The second kappa shape index (κ2) is 10.6. The van der Waals surface area contributed by atoms with Crippen molar-refractivity contribution in [3.63, 3.8) is 0 Å². The van der Waals surface area contributed by atoms with Crippen LogP contribution in [0.5, 0.6) is 5.75 Å². The fraction of sp³-hybridized carbons (Fsp3) is 0.261. The maximum atomic E-state index is 12.8. The minimum atomic E-state index is -3.92. The number of hydrogen-bond donors (Lipinski definition) is 2. The molecule has 2 aromatic carbocycles. The molecule has 0 saturated carbocycles. The molecule has 0 aliphatic heterocycles. The Morgan fingerprint density at radius 3 is 2.56 bits per heavy atom. The molecule has 0 saturated heterocycles. The third-order valence-corrected chi connectivity index (χ3v) is 6.40. The summed E-state index contributed by atoms with van der Waals surface area (Å²) in [4.78, 5) is 12.7. The number of furan rings is 1. The van der Waals surface area contributed by atoms with Crippen LogP contribution in [-0.4, -0.2) is 27.0 Å². The summed E-state index contributed by atoms with van der Waals surface area (Å²) in [5.74, 6) is 1.03. The molecule has 0 aliphatic carbocycles. The number of anilines is 1. The van der Waals surface area contributed by atoms with E-state index in [9.17, 15) is 13.2 Å². The van der Waals surface area contributed by atoms with Crippen LogP contribution in [0, 0.1) is 0 Å². The molecule has 32 heavy (non-hydrogen) atoms. The van der Waals surface area contributed by atoms with Crippen LogP contribution in [0.25, 0.3) is 0 Å². The number of amides is 1. The predicted octanol–water partition coefficient (Wildman–Crippen LogP) is 4.88. The summed E-state index contributed by atoms with van der Waals surface area (Å²) in [5, 5.41) is 3.02. The van der Waals surface area contributed by atoms with Gasteiger partial charge in [-0.25, -0.2) is 8.42 Å². The lowest BCUT2D eigenvalue weighted by Crippen LogP contribution is -2.33. The molecular formula is C23H25ClN2O5S. The van der Waals surface area contributed by atoms with E-state index in [1.54, 1.807) is 30.5 Å². The molecule has 0 aliphatic rings. The monoisotopic (exact) mass is 476 g/mol. The summed E-state index contributed by atoms with van der Waals surface area (Å²) in [6, 6.07) is 14.1. The molecule has 0 radical (unpaired) electrons. The molecule has 2 N–H and O–H groups in total. The van der Waals surface area contributed by atoms with Gasteiger partial charge in [0.15, 0.2) is 0 Å². The molecule has 1 heterocycles. The van der Waals surface area contributed by atoms with E-state index in [4.69, 9.17) is 20.8 Å². The van der Waals surface area contributed by atoms with Crippen molar-refractivity contribution >= 4 is 33.2 Å². The van der Waals surface area contributed by atoms with Crippen LogP contribution in [0.4, 0.5) is 5.69 Å². The normalized spacial score (nSPS) is 12.2. The zero-order valence-corrected chi connectivity index (χ0v) is 19.4. The van der Waals surface area contributed by atoms with Crippen molar-refractivity contribution in [1.29, 1.82) is 0 Å². The van der Waals surface area contributed by atoms with Crippen LogP contribution in [0.3, 0.4) is 0 Å². The number of ether oxygens (including phenoxy) is 1. The molecule has 9 heteroatoms. The molecule has 0 bridgehead atoms. The molecule has 1 unspecified atom stereocenters. The van der Waals surface area contributed by atoms with Crippen LogP contribution in [-0.2, 0) is 16.4 Å². The first-order chi connectivity index (χ1) is 15.3. The van der Waals surface area contributed by atoms with E-state index in [0.717, 1.165) is 5.76 Å². The van der Waals surface area contributed by atoms with Gasteiger partial charge in [0, 0.05) is 18.2 Å². The molecule has 1 amide bonds. The standard InChI is InChI=1S/C23H25ClN2O5S/c1-3-30-19-10-7-17(8-11-19)26-32(28,29)20-12-13-22(24)21(15-20)23(27)25-16(2)6-9-18-5-4-14-31-18/h4-5,7-8,10-16,26H,3,6,9H2,1-2H3,(H,25,27). The van der Waals surface area contributed by atoms with Gasteiger partial charge in [-0.15, -0.1) is 0 Å². The lowest BCUT2D eigenvalue weighted by Gasteiger charge is -2.15. The van der Waals surface area contributed by atoms with Crippen molar-refractivity contribution in [2.45, 2.75) is 37.6 Å². The van der Waals surface area contributed by atoms with Crippen LogP contribution >= 0.6 is 11.6 Å². The maximum Gasteiger partial charge on any atom is 0.261 e. The largest absolute Gasteiger partial charge is 0.494 e. The first-order valence-corrected chi connectivity index (χ1v) is 12.0. The Kier molecular flexibility index (Phi) is 7.82. The first kappa shape index (κ1) is 23.7. The van der Waals surface area contributed by atoms with Crippen LogP contribution in [0.1, 0.15) is 36.4 Å². The van der Waals surface area contributed by atoms with E-state index >= 15 is 0 Å². The molecular weight excluding hydrogens is 452 g/mol. The maximum absolute atomic E-state index is 12.8. The number of halogens is 1. The molecule has 0 fully saturated rings. The number of sulfonamides is 1. The smallest absolute Gasteiger partial charge is 0.261 e. The van der Waals surface area contributed by atoms with Crippen LogP contribution in [0.2, 0.25) is 5.02 Å². The quantitative estimate of drug-likeness (QED) is 0.434. The average Bonchev–Trinajstić information content (AvgIpc) is 3.27. The number of rotatable bonds is 10. The third-order valence-electron chi connectivity index (χ3n) is 4.69. The van der Waals surface area contributed by atoms with Gasteiger partial charge in [-0.3, -0.25) is 9.52 Å². The zero-order valence-electron chi connectivity index (χ0n) is 17.8. The summed E-state index contributed by atoms with van der Waals surface area (Å²) >= 11 is 6.19. The second-order valence-electron chi connectivity index (χ2n) is 7.20. The van der Waals surface area contributed by atoms with Gasteiger partial charge in [-0.1, -0.05) is 11.6 Å². The number of hydrogen-bond acceptors (Lipinski definition) is 5. The molecule has 7 nitrogen and oxygen atoms in total. The highest BCUT2D eigenvalue weighted by Gasteiger charge is 2.20. The van der Waals surface area contributed by atoms with Gasteiger partial charge in [0.2, 0.25) is 0 Å². The summed E-state index contributed by atoms with van der Waals surface area (Å²) < 4.78 is 38.8. The van der Waals surface area contributed by atoms with E-state index in [0.29, 0.717) is 30.9 Å². The highest BCUT2D eigenvalue weighted by molar-refractivity contribution is 7.92. The van der Waals surface area contributed by atoms with E-state index in [2.05, 4.69) is 10.0 Å². The minimum absolute atomic E-state index is 0.0656. The van der Waals surface area contributed by atoms with Gasteiger partial charge in [-0.05, 0) is 74.9 Å². The fourth-order valence-electron chi connectivity index (χ4n) is 3.03. The van der Waals surface area contributed by atoms with Gasteiger partial charge in [-0.2, -0.15) is 0 Å². The lowest BCUT2D eigenvalue weighted by molar-refractivity contribution is 0.0938. The zero-order chi connectivity index (χ0) is 23.1. The number of aryl methyl sites for hydroxylation is 1. The number of carbonyl (C=O) groups excluding carboxylic acids is 1. The third kappa shape index (κ3) is 6.27. The molecule has 1 atom stereocenters.